The molecule has 1 aromatic rings. The van der Waals surface area contributed by atoms with E-state index in [0.29, 0.717) is 6.04 Å². The maximum absolute atomic E-state index is 4.53. The summed E-state index contributed by atoms with van der Waals surface area (Å²) in [6.07, 6.45) is 1.19. The predicted molar refractivity (Wildman–Crippen MR) is 73.1 cm³/mol. The normalized spacial score (nSPS) is 13.0. The van der Waals surface area contributed by atoms with Crippen LogP contribution in [0.4, 0.5) is 0 Å². The van der Waals surface area contributed by atoms with Gasteiger partial charge in [-0.3, -0.25) is 9.88 Å². The molecule has 1 N–H and O–H groups in total. The van der Waals surface area contributed by atoms with Crippen LogP contribution in [-0.2, 0) is 6.54 Å². The van der Waals surface area contributed by atoms with Gasteiger partial charge in [-0.1, -0.05) is 13.0 Å². The Labute approximate surface area is 105 Å². The summed E-state index contributed by atoms with van der Waals surface area (Å²) in [5.41, 5.74) is 2.24. The summed E-state index contributed by atoms with van der Waals surface area (Å²) in [4.78, 5) is 6.87. The molecule has 0 bridgehead atoms. The number of rotatable bonds is 7. The lowest BCUT2D eigenvalue weighted by molar-refractivity contribution is 0.240. The van der Waals surface area contributed by atoms with Crippen molar-refractivity contribution < 1.29 is 0 Å². The SMILES string of the molecule is CCCNCC(C)N(C)Cc1cccc(C)n1. The molecule has 0 aliphatic carbocycles. The Morgan fingerprint density at radius 3 is 2.82 bits per heavy atom. The number of pyridine rings is 1. The van der Waals surface area contributed by atoms with E-state index in [2.05, 4.69) is 48.2 Å². The van der Waals surface area contributed by atoms with Gasteiger partial charge in [-0.05, 0) is 46.0 Å². The standard InChI is InChI=1S/C14H25N3/c1-5-9-15-10-13(3)17(4)11-14-8-6-7-12(2)16-14/h6-8,13,15H,5,9-11H2,1-4H3. The first-order chi connectivity index (χ1) is 8.13. The molecule has 3 heteroatoms. The lowest BCUT2D eigenvalue weighted by Gasteiger charge is -2.24. The van der Waals surface area contributed by atoms with Gasteiger partial charge in [0.2, 0.25) is 0 Å². The van der Waals surface area contributed by atoms with Crippen LogP contribution in [0.15, 0.2) is 18.2 Å². The number of aromatic nitrogens is 1. The average Bonchev–Trinajstić information content (AvgIpc) is 2.29. The fourth-order valence-corrected chi connectivity index (χ4v) is 1.74. The highest BCUT2D eigenvalue weighted by Crippen LogP contribution is 2.04. The van der Waals surface area contributed by atoms with Crippen molar-refractivity contribution in [2.45, 2.75) is 39.8 Å². The number of hydrogen-bond donors (Lipinski definition) is 1. The molecule has 1 heterocycles. The zero-order valence-corrected chi connectivity index (χ0v) is 11.5. The van der Waals surface area contributed by atoms with Crippen LogP contribution in [0.2, 0.25) is 0 Å². The fourth-order valence-electron chi connectivity index (χ4n) is 1.74. The van der Waals surface area contributed by atoms with E-state index in [-0.39, 0.29) is 0 Å². The first-order valence-corrected chi connectivity index (χ1v) is 6.47. The molecule has 0 amide bonds. The highest BCUT2D eigenvalue weighted by molar-refractivity contribution is 5.09. The van der Waals surface area contributed by atoms with Crippen molar-refractivity contribution in [3.05, 3.63) is 29.6 Å². The van der Waals surface area contributed by atoms with E-state index in [9.17, 15) is 0 Å². The molecule has 96 valence electrons. The molecule has 0 spiro atoms. The Bertz CT molecular complexity index is 325. The number of aryl methyl sites for hydroxylation is 1. The van der Waals surface area contributed by atoms with Crippen molar-refractivity contribution in [3.8, 4) is 0 Å². The van der Waals surface area contributed by atoms with Crippen molar-refractivity contribution in [3.63, 3.8) is 0 Å². The molecule has 0 aliphatic rings. The molecule has 1 atom stereocenters. The van der Waals surface area contributed by atoms with E-state index >= 15 is 0 Å². The lowest BCUT2D eigenvalue weighted by Crippen LogP contribution is -2.37. The van der Waals surface area contributed by atoms with Crippen LogP contribution in [0.5, 0.6) is 0 Å². The summed E-state index contributed by atoms with van der Waals surface area (Å²) in [5.74, 6) is 0. The summed E-state index contributed by atoms with van der Waals surface area (Å²) in [6, 6.07) is 6.74. The third-order valence-corrected chi connectivity index (χ3v) is 2.98. The van der Waals surface area contributed by atoms with Crippen LogP contribution in [0, 0.1) is 6.92 Å². The van der Waals surface area contributed by atoms with Crippen LogP contribution in [0.1, 0.15) is 31.7 Å². The van der Waals surface area contributed by atoms with E-state index in [1.54, 1.807) is 0 Å². The second-order valence-electron chi connectivity index (χ2n) is 4.74. The molecule has 0 aromatic carbocycles. The molecule has 0 saturated heterocycles. The molecule has 0 saturated carbocycles. The molecular formula is C14H25N3. The third kappa shape index (κ3) is 5.29. The van der Waals surface area contributed by atoms with Crippen molar-refractivity contribution >= 4 is 0 Å². The fraction of sp³-hybridized carbons (Fsp3) is 0.643. The zero-order valence-electron chi connectivity index (χ0n) is 11.5. The zero-order chi connectivity index (χ0) is 12.7. The van der Waals surface area contributed by atoms with Crippen LogP contribution in [-0.4, -0.2) is 36.1 Å². The van der Waals surface area contributed by atoms with Crippen LogP contribution in [0.3, 0.4) is 0 Å². The maximum atomic E-state index is 4.53. The Morgan fingerprint density at radius 2 is 2.18 bits per heavy atom. The third-order valence-electron chi connectivity index (χ3n) is 2.98. The van der Waals surface area contributed by atoms with Gasteiger partial charge in [-0.2, -0.15) is 0 Å². The summed E-state index contributed by atoms with van der Waals surface area (Å²) < 4.78 is 0. The highest BCUT2D eigenvalue weighted by atomic mass is 15.1. The van der Waals surface area contributed by atoms with Gasteiger partial charge >= 0.3 is 0 Å². The van der Waals surface area contributed by atoms with Gasteiger partial charge in [-0.15, -0.1) is 0 Å². The second-order valence-corrected chi connectivity index (χ2v) is 4.74. The Balaban J connectivity index is 2.39. The molecule has 1 aromatic heterocycles. The van der Waals surface area contributed by atoms with Crippen molar-refractivity contribution in [2.75, 3.05) is 20.1 Å². The van der Waals surface area contributed by atoms with Gasteiger partial charge in [-0.25, -0.2) is 0 Å². The molecule has 0 radical (unpaired) electrons. The first-order valence-electron chi connectivity index (χ1n) is 6.47. The van der Waals surface area contributed by atoms with Crippen LogP contribution in [0.25, 0.3) is 0 Å². The lowest BCUT2D eigenvalue weighted by atomic mass is 10.2. The topological polar surface area (TPSA) is 28.2 Å². The largest absolute Gasteiger partial charge is 0.315 e. The van der Waals surface area contributed by atoms with Gasteiger partial charge in [0, 0.05) is 24.8 Å². The van der Waals surface area contributed by atoms with E-state index in [1.807, 2.05) is 13.0 Å². The Hall–Kier alpha value is -0.930. The number of nitrogens with one attached hydrogen (secondary N) is 1. The minimum atomic E-state index is 0.531. The van der Waals surface area contributed by atoms with E-state index in [4.69, 9.17) is 0 Å². The number of likely N-dealkylation sites (N-methyl/N-ethyl adjacent to an activating group) is 1. The van der Waals surface area contributed by atoms with Gasteiger partial charge < -0.3 is 5.32 Å². The van der Waals surface area contributed by atoms with Crippen LogP contribution >= 0.6 is 0 Å². The summed E-state index contributed by atoms with van der Waals surface area (Å²) >= 11 is 0. The highest BCUT2D eigenvalue weighted by Gasteiger charge is 2.09. The van der Waals surface area contributed by atoms with E-state index < -0.39 is 0 Å². The number of nitrogens with zero attached hydrogens (tertiary/aromatic N) is 2. The first kappa shape index (κ1) is 14.1. The Morgan fingerprint density at radius 1 is 1.41 bits per heavy atom. The molecule has 3 nitrogen and oxygen atoms in total. The maximum Gasteiger partial charge on any atom is 0.0547 e. The molecule has 0 fully saturated rings. The Kier molecular flexibility index (Phi) is 6.16. The van der Waals surface area contributed by atoms with E-state index in [1.165, 1.54) is 6.42 Å². The summed E-state index contributed by atoms with van der Waals surface area (Å²) in [6.45, 7) is 9.53. The van der Waals surface area contributed by atoms with Crippen molar-refractivity contribution in [1.29, 1.82) is 0 Å². The van der Waals surface area contributed by atoms with Gasteiger partial charge in [0.15, 0.2) is 0 Å². The summed E-state index contributed by atoms with van der Waals surface area (Å²) in [7, 11) is 2.16. The molecular weight excluding hydrogens is 210 g/mol. The van der Waals surface area contributed by atoms with Gasteiger partial charge in [0.05, 0.1) is 5.69 Å². The molecule has 1 rings (SSSR count). The average molecular weight is 235 g/mol. The van der Waals surface area contributed by atoms with Crippen LogP contribution < -0.4 is 5.32 Å². The van der Waals surface area contributed by atoms with Gasteiger partial charge in [0.1, 0.15) is 0 Å². The monoisotopic (exact) mass is 235 g/mol. The minimum Gasteiger partial charge on any atom is -0.315 e. The quantitative estimate of drug-likeness (QED) is 0.734. The summed E-state index contributed by atoms with van der Waals surface area (Å²) in [5, 5.41) is 3.45. The molecule has 1 unspecified atom stereocenters. The van der Waals surface area contributed by atoms with Gasteiger partial charge in [0.25, 0.3) is 0 Å². The van der Waals surface area contributed by atoms with Crippen molar-refractivity contribution in [2.24, 2.45) is 0 Å². The minimum absolute atomic E-state index is 0.531. The smallest absolute Gasteiger partial charge is 0.0547 e. The number of hydrogen-bond acceptors (Lipinski definition) is 3. The second kappa shape index (κ2) is 7.41. The predicted octanol–water partition coefficient (Wildman–Crippen LogP) is 2.21. The molecule has 0 aliphatic heterocycles. The van der Waals surface area contributed by atoms with E-state index in [0.717, 1.165) is 31.0 Å². The molecule has 17 heavy (non-hydrogen) atoms. The van der Waals surface area contributed by atoms with Crippen molar-refractivity contribution in [1.82, 2.24) is 15.2 Å².